The van der Waals surface area contributed by atoms with Gasteiger partial charge in [0.25, 0.3) is 0 Å². The van der Waals surface area contributed by atoms with E-state index in [0.29, 0.717) is 22.9 Å². The lowest BCUT2D eigenvalue weighted by molar-refractivity contribution is -0.131. The van der Waals surface area contributed by atoms with Crippen LogP contribution >= 0.6 is 31.9 Å². The fraction of sp³-hybridized carbons (Fsp3) is 0.400. The molecule has 0 aliphatic carbocycles. The van der Waals surface area contributed by atoms with Crippen molar-refractivity contribution in [3.05, 3.63) is 38.8 Å². The Morgan fingerprint density at radius 2 is 2.00 bits per heavy atom. The van der Waals surface area contributed by atoms with Crippen molar-refractivity contribution in [1.82, 2.24) is 0 Å². The molecule has 0 saturated heterocycles. The second-order valence-electron chi connectivity index (χ2n) is 5.50. The van der Waals surface area contributed by atoms with E-state index in [-0.39, 0.29) is 5.75 Å². The fourth-order valence-corrected chi connectivity index (χ4v) is 3.25. The quantitative estimate of drug-likeness (QED) is 0.595. The summed E-state index contributed by atoms with van der Waals surface area (Å²) >= 11 is 6.58. The van der Waals surface area contributed by atoms with Gasteiger partial charge in [-0.3, -0.25) is 0 Å². The first kappa shape index (κ1) is 18.2. The van der Waals surface area contributed by atoms with Gasteiger partial charge in [-0.1, -0.05) is 35.9 Å². The molecule has 21 heavy (non-hydrogen) atoms. The van der Waals surface area contributed by atoms with E-state index < -0.39 is 17.5 Å². The van der Waals surface area contributed by atoms with Crippen LogP contribution in [0.3, 0.4) is 0 Å². The number of rotatable bonds is 6. The molecule has 0 radical (unpaired) electrons. The molecule has 1 aromatic carbocycles. The number of halogens is 2. The first-order valence-corrected chi connectivity index (χ1v) is 7.99. The van der Waals surface area contributed by atoms with Crippen molar-refractivity contribution in [3.63, 3.8) is 0 Å². The van der Waals surface area contributed by atoms with Crippen molar-refractivity contribution in [2.75, 3.05) is 0 Å². The number of aliphatic hydroxyl groups is 1. The highest BCUT2D eigenvalue weighted by atomic mass is 79.9. The van der Waals surface area contributed by atoms with Gasteiger partial charge in [0.15, 0.2) is 0 Å². The van der Waals surface area contributed by atoms with Crippen LogP contribution in [0.15, 0.2) is 33.2 Å². The summed E-state index contributed by atoms with van der Waals surface area (Å²) < 4.78 is 1.26. The van der Waals surface area contributed by atoms with Crippen LogP contribution in [0.2, 0.25) is 0 Å². The van der Waals surface area contributed by atoms with Gasteiger partial charge in [0.2, 0.25) is 0 Å². The van der Waals surface area contributed by atoms with E-state index in [9.17, 15) is 15.0 Å². The smallest absolute Gasteiger partial charge is 0.327 e. The van der Waals surface area contributed by atoms with Crippen molar-refractivity contribution in [1.29, 1.82) is 0 Å². The Morgan fingerprint density at radius 3 is 2.57 bits per heavy atom. The number of hydrogen-bond donors (Lipinski definition) is 3. The Bertz CT molecular complexity index is 553. The molecule has 1 rings (SSSR count). The highest BCUT2D eigenvalue weighted by Crippen LogP contribution is 2.44. The molecular formula is C15H18Br2O4. The number of phenolic OH excluding ortho intramolecular Hbond substituents is 1. The summed E-state index contributed by atoms with van der Waals surface area (Å²) in [6.45, 7) is 3.75. The van der Waals surface area contributed by atoms with E-state index in [2.05, 4.69) is 31.9 Å². The highest BCUT2D eigenvalue weighted by molar-refractivity contribution is 9.11. The van der Waals surface area contributed by atoms with Gasteiger partial charge in [0.1, 0.15) is 5.75 Å². The van der Waals surface area contributed by atoms with Gasteiger partial charge in [-0.2, -0.15) is 0 Å². The second kappa shape index (κ2) is 7.42. The van der Waals surface area contributed by atoms with Gasteiger partial charge in [0.05, 0.1) is 10.6 Å². The van der Waals surface area contributed by atoms with E-state index in [1.807, 2.05) is 13.8 Å². The van der Waals surface area contributed by atoms with Gasteiger partial charge in [-0.25, -0.2) is 4.79 Å². The Kier molecular flexibility index (Phi) is 6.43. The number of benzene rings is 1. The van der Waals surface area contributed by atoms with Crippen molar-refractivity contribution in [3.8, 4) is 5.75 Å². The normalized spacial score (nSPS) is 13.6. The number of allylic oxidation sites excluding steroid dienone is 1. The van der Waals surface area contributed by atoms with E-state index in [4.69, 9.17) is 5.11 Å². The minimum atomic E-state index is -0.984. The van der Waals surface area contributed by atoms with Crippen LogP contribution in [-0.2, 0) is 4.79 Å². The summed E-state index contributed by atoms with van der Waals surface area (Å²) in [7, 11) is 0. The zero-order valence-corrected chi connectivity index (χ0v) is 15.0. The third-order valence-corrected chi connectivity index (χ3v) is 4.37. The van der Waals surface area contributed by atoms with Crippen LogP contribution in [0.25, 0.3) is 0 Å². The Balaban J connectivity index is 2.90. The minimum absolute atomic E-state index is 0.0138. The number of carbonyl (C=O) groups is 1. The van der Waals surface area contributed by atoms with Crippen LogP contribution in [0.5, 0.6) is 5.75 Å². The molecule has 1 atom stereocenters. The molecule has 0 unspecified atom stereocenters. The standard InChI is InChI=1S/C15H18Br2O4/c1-15(2,6-4-3-5-12(18)19)14(21)10-7-9(16)8-11(17)13(10)20/h3,5,7-8,14,20-21H,4,6H2,1-2H3,(H,18,19)/b5-3+/t14-/m0/s1. The van der Waals surface area contributed by atoms with Crippen molar-refractivity contribution in [2.24, 2.45) is 5.41 Å². The van der Waals surface area contributed by atoms with Gasteiger partial charge in [0, 0.05) is 16.1 Å². The zero-order valence-electron chi connectivity index (χ0n) is 11.8. The largest absolute Gasteiger partial charge is 0.506 e. The molecule has 116 valence electrons. The van der Waals surface area contributed by atoms with E-state index >= 15 is 0 Å². The number of carboxylic acids is 1. The Labute approximate surface area is 140 Å². The molecule has 0 aliphatic rings. The third-order valence-electron chi connectivity index (χ3n) is 3.31. The van der Waals surface area contributed by atoms with Crippen LogP contribution in [-0.4, -0.2) is 21.3 Å². The van der Waals surface area contributed by atoms with Crippen LogP contribution in [0, 0.1) is 5.41 Å². The molecule has 0 fully saturated rings. The predicted molar refractivity (Wildman–Crippen MR) is 88.3 cm³/mol. The second-order valence-corrected chi connectivity index (χ2v) is 7.27. The number of aliphatic hydroxyl groups excluding tert-OH is 1. The van der Waals surface area contributed by atoms with Crippen molar-refractivity contribution >= 4 is 37.8 Å². The van der Waals surface area contributed by atoms with Crippen LogP contribution in [0.1, 0.15) is 38.4 Å². The lowest BCUT2D eigenvalue weighted by Crippen LogP contribution is -2.22. The minimum Gasteiger partial charge on any atom is -0.506 e. The molecule has 6 heteroatoms. The molecule has 0 heterocycles. The summed E-state index contributed by atoms with van der Waals surface area (Å²) in [5.74, 6) is -0.971. The van der Waals surface area contributed by atoms with Crippen LogP contribution < -0.4 is 0 Å². The predicted octanol–water partition coefficient (Wildman–Crippen LogP) is 4.40. The molecule has 0 saturated carbocycles. The SMILES string of the molecule is CC(C)(CC/C=C/C(=O)O)[C@@H](O)c1cc(Br)cc(Br)c1O. The summed E-state index contributed by atoms with van der Waals surface area (Å²) in [5, 5.41) is 29.2. The van der Waals surface area contributed by atoms with E-state index in [1.165, 1.54) is 0 Å². The molecule has 3 N–H and O–H groups in total. The first-order chi connectivity index (χ1) is 9.65. The van der Waals surface area contributed by atoms with Crippen molar-refractivity contribution < 1.29 is 20.1 Å². The maximum atomic E-state index is 10.5. The number of aromatic hydroxyl groups is 1. The third kappa shape index (κ3) is 5.13. The fourth-order valence-electron chi connectivity index (χ4n) is 1.99. The van der Waals surface area contributed by atoms with Gasteiger partial charge < -0.3 is 15.3 Å². The maximum absolute atomic E-state index is 10.5. The number of hydrogen-bond acceptors (Lipinski definition) is 3. The Morgan fingerprint density at radius 1 is 1.38 bits per heavy atom. The van der Waals surface area contributed by atoms with Gasteiger partial charge in [-0.05, 0) is 46.3 Å². The summed E-state index contributed by atoms with van der Waals surface area (Å²) in [4.78, 5) is 10.4. The first-order valence-electron chi connectivity index (χ1n) is 6.40. The summed E-state index contributed by atoms with van der Waals surface area (Å²) in [6.07, 6.45) is 2.90. The van der Waals surface area contributed by atoms with E-state index in [1.54, 1.807) is 18.2 Å². The van der Waals surface area contributed by atoms with Crippen molar-refractivity contribution in [2.45, 2.75) is 32.8 Å². The average molecular weight is 422 g/mol. The molecule has 0 aromatic heterocycles. The molecule has 0 aliphatic heterocycles. The van der Waals surface area contributed by atoms with E-state index in [0.717, 1.165) is 10.5 Å². The van der Waals surface area contributed by atoms with Gasteiger partial charge >= 0.3 is 5.97 Å². The molecule has 0 bridgehead atoms. The summed E-state index contributed by atoms with van der Waals surface area (Å²) in [5.41, 5.74) is -0.0796. The van der Waals surface area contributed by atoms with Gasteiger partial charge in [-0.15, -0.1) is 0 Å². The lowest BCUT2D eigenvalue weighted by Gasteiger charge is -2.31. The monoisotopic (exact) mass is 420 g/mol. The average Bonchev–Trinajstić information content (AvgIpc) is 2.38. The molecular weight excluding hydrogens is 404 g/mol. The highest BCUT2D eigenvalue weighted by Gasteiger charge is 2.31. The number of carboxylic acid groups (broad SMARTS) is 1. The van der Waals surface area contributed by atoms with Crippen LogP contribution in [0.4, 0.5) is 0 Å². The Hall–Kier alpha value is -0.850. The lowest BCUT2D eigenvalue weighted by atomic mass is 9.78. The molecule has 0 amide bonds. The molecule has 4 nitrogen and oxygen atoms in total. The molecule has 0 spiro atoms. The number of phenols is 1. The number of aliphatic carboxylic acids is 1. The topological polar surface area (TPSA) is 77.8 Å². The molecule has 1 aromatic rings. The zero-order chi connectivity index (χ0) is 16.2. The summed E-state index contributed by atoms with van der Waals surface area (Å²) in [6, 6.07) is 3.38. The maximum Gasteiger partial charge on any atom is 0.327 e.